The summed E-state index contributed by atoms with van der Waals surface area (Å²) in [4.78, 5) is 23.4. The minimum atomic E-state index is -1.11. The van der Waals surface area contributed by atoms with E-state index >= 15 is 0 Å². The third kappa shape index (κ3) is 3.81. The second kappa shape index (κ2) is 8.01. The van der Waals surface area contributed by atoms with Gasteiger partial charge in [0.1, 0.15) is 5.54 Å². The van der Waals surface area contributed by atoms with E-state index in [4.69, 9.17) is 5.73 Å². The SMILES string of the molecule is CC(CCC[C@](C)(N)C(=O)O)[C@H]1CCC2C3CCC4=CC(=O)CC[C@]4(C)C3CC[C@@]21C. The molecule has 0 aliphatic heterocycles. The number of carbonyl (C=O) groups excluding carboxylic acids is 1. The smallest absolute Gasteiger partial charge is 0.323 e. The van der Waals surface area contributed by atoms with Crippen LogP contribution in [-0.2, 0) is 9.59 Å². The highest BCUT2D eigenvalue weighted by molar-refractivity contribution is 5.91. The third-order valence-electron chi connectivity index (χ3n) is 10.6. The highest BCUT2D eigenvalue weighted by Gasteiger charge is 2.59. The molecule has 174 valence electrons. The molecule has 4 rings (SSSR count). The number of ketones is 1. The summed E-state index contributed by atoms with van der Waals surface area (Å²) in [6.07, 6.45) is 14.0. The van der Waals surface area contributed by atoms with Crippen molar-refractivity contribution < 1.29 is 14.7 Å². The number of hydrogen-bond donors (Lipinski definition) is 2. The van der Waals surface area contributed by atoms with Gasteiger partial charge in [-0.15, -0.1) is 0 Å². The lowest BCUT2D eigenvalue weighted by molar-refractivity contribution is -0.143. The van der Waals surface area contributed by atoms with Crippen LogP contribution in [0.25, 0.3) is 0 Å². The number of fused-ring (bicyclic) bond motifs is 5. The van der Waals surface area contributed by atoms with Crippen LogP contribution in [0.2, 0.25) is 0 Å². The van der Waals surface area contributed by atoms with Gasteiger partial charge in [0.2, 0.25) is 0 Å². The zero-order chi connectivity index (χ0) is 22.6. The third-order valence-corrected chi connectivity index (χ3v) is 10.6. The van der Waals surface area contributed by atoms with Gasteiger partial charge in [0.15, 0.2) is 5.78 Å². The molecule has 0 aromatic carbocycles. The van der Waals surface area contributed by atoms with Crippen molar-refractivity contribution in [3.63, 3.8) is 0 Å². The van der Waals surface area contributed by atoms with Crippen molar-refractivity contribution in [3.8, 4) is 0 Å². The van der Waals surface area contributed by atoms with Gasteiger partial charge in [-0.1, -0.05) is 39.2 Å². The van der Waals surface area contributed by atoms with Gasteiger partial charge in [0.25, 0.3) is 0 Å². The predicted molar refractivity (Wildman–Crippen MR) is 123 cm³/mol. The number of carboxylic acids is 1. The first-order chi connectivity index (χ1) is 14.5. The average molecular weight is 430 g/mol. The maximum Gasteiger partial charge on any atom is 0.323 e. The largest absolute Gasteiger partial charge is 0.480 e. The number of nitrogens with two attached hydrogens (primary N) is 1. The summed E-state index contributed by atoms with van der Waals surface area (Å²) < 4.78 is 0. The molecule has 3 N–H and O–H groups in total. The first-order valence-electron chi connectivity index (χ1n) is 12.8. The molecule has 8 atom stereocenters. The van der Waals surface area contributed by atoms with Crippen LogP contribution >= 0.6 is 0 Å². The Bertz CT molecular complexity index is 770. The molecule has 3 saturated carbocycles. The lowest BCUT2D eigenvalue weighted by Gasteiger charge is -2.58. The fraction of sp³-hybridized carbons (Fsp3) is 0.852. The maximum absolute atomic E-state index is 12.0. The van der Waals surface area contributed by atoms with E-state index in [1.165, 1.54) is 37.7 Å². The van der Waals surface area contributed by atoms with Crippen LogP contribution in [0.5, 0.6) is 0 Å². The summed E-state index contributed by atoms with van der Waals surface area (Å²) in [5.74, 6) is 3.19. The molecule has 4 heteroatoms. The zero-order valence-corrected chi connectivity index (χ0v) is 20.1. The van der Waals surface area contributed by atoms with Gasteiger partial charge < -0.3 is 10.8 Å². The summed E-state index contributed by atoms with van der Waals surface area (Å²) in [5, 5.41) is 9.29. The van der Waals surface area contributed by atoms with Gasteiger partial charge in [-0.2, -0.15) is 0 Å². The Kier molecular flexibility index (Phi) is 5.94. The van der Waals surface area contributed by atoms with E-state index in [-0.39, 0.29) is 5.41 Å². The number of aliphatic carboxylic acids is 1. The molecule has 0 aromatic rings. The lowest BCUT2D eigenvalue weighted by atomic mass is 9.46. The molecule has 4 nitrogen and oxygen atoms in total. The second-order valence-electron chi connectivity index (χ2n) is 12.3. The molecule has 3 fully saturated rings. The molecule has 0 amide bonds. The molecular formula is C27H43NO3. The topological polar surface area (TPSA) is 80.4 Å². The number of allylic oxidation sites excluding steroid dienone is 1. The van der Waals surface area contributed by atoms with Crippen LogP contribution in [0.1, 0.15) is 98.3 Å². The van der Waals surface area contributed by atoms with Crippen molar-refractivity contribution in [1.82, 2.24) is 0 Å². The fourth-order valence-corrected chi connectivity index (χ4v) is 8.63. The van der Waals surface area contributed by atoms with Gasteiger partial charge in [0.05, 0.1) is 0 Å². The molecular weight excluding hydrogens is 386 g/mol. The van der Waals surface area contributed by atoms with E-state index in [1.54, 1.807) is 6.92 Å². The minimum absolute atomic E-state index is 0.254. The normalized spacial score (nSPS) is 42.6. The first-order valence-corrected chi connectivity index (χ1v) is 12.8. The number of carboxylic acid groups (broad SMARTS) is 1. The fourth-order valence-electron chi connectivity index (χ4n) is 8.63. The van der Waals surface area contributed by atoms with Gasteiger partial charge in [-0.25, -0.2) is 0 Å². The summed E-state index contributed by atoms with van der Waals surface area (Å²) in [6.45, 7) is 9.07. The van der Waals surface area contributed by atoms with Crippen molar-refractivity contribution in [2.75, 3.05) is 0 Å². The average Bonchev–Trinajstić information content (AvgIpc) is 3.05. The van der Waals surface area contributed by atoms with Gasteiger partial charge in [-0.05, 0) is 105 Å². The standard InChI is InChI=1S/C27H43NO3/c1-17(6-5-13-27(4,28)24(30)31)21-9-10-22-20-8-7-18-16-19(29)11-14-25(18,2)23(20)12-15-26(21,22)3/h16-17,20-23H,5-15,28H2,1-4H3,(H,30,31)/t17?,20?,21-,22?,23?,25+,26-,27+/m1/s1. The Balaban J connectivity index is 1.44. The maximum atomic E-state index is 12.0. The molecule has 31 heavy (non-hydrogen) atoms. The first kappa shape index (κ1) is 23.0. The summed E-state index contributed by atoms with van der Waals surface area (Å²) in [6, 6.07) is 0. The van der Waals surface area contributed by atoms with Crippen LogP contribution in [0.15, 0.2) is 11.6 Å². The van der Waals surface area contributed by atoms with Crippen molar-refractivity contribution in [2.24, 2.45) is 46.2 Å². The Morgan fingerprint density at radius 2 is 1.94 bits per heavy atom. The van der Waals surface area contributed by atoms with Gasteiger partial charge in [0, 0.05) is 6.42 Å². The molecule has 0 saturated heterocycles. The molecule has 4 aliphatic carbocycles. The van der Waals surface area contributed by atoms with Crippen LogP contribution in [-0.4, -0.2) is 22.4 Å². The van der Waals surface area contributed by atoms with E-state index in [9.17, 15) is 14.7 Å². The molecule has 0 bridgehead atoms. The van der Waals surface area contributed by atoms with E-state index in [0.29, 0.717) is 23.5 Å². The van der Waals surface area contributed by atoms with E-state index in [2.05, 4.69) is 20.8 Å². The minimum Gasteiger partial charge on any atom is -0.480 e. The summed E-state index contributed by atoms with van der Waals surface area (Å²) in [5.41, 5.74) is 6.98. The number of rotatable bonds is 6. The summed E-state index contributed by atoms with van der Waals surface area (Å²) in [7, 11) is 0. The van der Waals surface area contributed by atoms with Crippen LogP contribution in [0.4, 0.5) is 0 Å². The zero-order valence-electron chi connectivity index (χ0n) is 20.1. The van der Waals surface area contributed by atoms with E-state index in [1.807, 2.05) is 6.08 Å². The molecule has 0 aromatic heterocycles. The Morgan fingerprint density at radius 3 is 2.65 bits per heavy atom. The Morgan fingerprint density at radius 1 is 1.19 bits per heavy atom. The highest BCUT2D eigenvalue weighted by atomic mass is 16.4. The van der Waals surface area contributed by atoms with Crippen LogP contribution in [0, 0.1) is 40.4 Å². The van der Waals surface area contributed by atoms with Crippen molar-refractivity contribution in [2.45, 2.75) is 104 Å². The molecule has 0 spiro atoms. The second-order valence-corrected chi connectivity index (χ2v) is 12.3. The number of carbonyl (C=O) groups is 2. The van der Waals surface area contributed by atoms with E-state index < -0.39 is 11.5 Å². The van der Waals surface area contributed by atoms with Gasteiger partial charge >= 0.3 is 5.97 Å². The van der Waals surface area contributed by atoms with Crippen LogP contribution < -0.4 is 5.73 Å². The van der Waals surface area contributed by atoms with Crippen LogP contribution in [0.3, 0.4) is 0 Å². The highest BCUT2D eigenvalue weighted by Crippen LogP contribution is 2.67. The number of hydrogen-bond acceptors (Lipinski definition) is 3. The summed E-state index contributed by atoms with van der Waals surface area (Å²) >= 11 is 0. The van der Waals surface area contributed by atoms with Gasteiger partial charge in [-0.3, -0.25) is 9.59 Å². The Labute approximate surface area is 188 Å². The van der Waals surface area contributed by atoms with Crippen molar-refractivity contribution in [1.29, 1.82) is 0 Å². The lowest BCUT2D eigenvalue weighted by Crippen LogP contribution is -2.51. The molecule has 4 unspecified atom stereocenters. The van der Waals surface area contributed by atoms with Crippen molar-refractivity contribution >= 4 is 11.8 Å². The molecule has 0 heterocycles. The monoisotopic (exact) mass is 429 g/mol. The quantitative estimate of drug-likeness (QED) is 0.564. The van der Waals surface area contributed by atoms with E-state index in [0.717, 1.165) is 55.8 Å². The Hall–Kier alpha value is -1.16. The predicted octanol–water partition coefficient (Wildman–Crippen LogP) is 5.74. The molecule has 4 aliphatic rings. The molecule has 0 radical (unpaired) electrons. The van der Waals surface area contributed by atoms with Crippen molar-refractivity contribution in [3.05, 3.63) is 11.6 Å².